The van der Waals surface area contributed by atoms with Gasteiger partial charge in [0.15, 0.2) is 0 Å². The van der Waals surface area contributed by atoms with Crippen molar-refractivity contribution in [1.29, 1.82) is 0 Å². The summed E-state index contributed by atoms with van der Waals surface area (Å²) < 4.78 is 0. The number of nitrogens with one attached hydrogen (secondary N) is 1. The minimum atomic E-state index is -0.438. The number of hydrogen-bond acceptors (Lipinski definition) is 3. The summed E-state index contributed by atoms with van der Waals surface area (Å²) in [5.41, 5.74) is 5.68. The van der Waals surface area contributed by atoms with E-state index in [1.807, 2.05) is 20.8 Å². The molecule has 84 valence electrons. The maximum atomic E-state index is 11.5. The van der Waals surface area contributed by atoms with E-state index in [1.54, 1.807) is 0 Å². The molecule has 0 fully saturated rings. The lowest BCUT2D eigenvalue weighted by atomic mass is 10.0. The van der Waals surface area contributed by atoms with Gasteiger partial charge in [0, 0.05) is 12.6 Å². The molecule has 0 spiro atoms. The predicted molar refractivity (Wildman–Crippen MR) is 56.7 cm³/mol. The second kappa shape index (κ2) is 6.79. The number of nitrogens with two attached hydrogens (primary N) is 1. The molecule has 0 rings (SSSR count). The normalized spacial score (nSPS) is 15.3. The molecule has 0 aliphatic carbocycles. The molecule has 0 heterocycles. The monoisotopic (exact) mass is 202 g/mol. The van der Waals surface area contributed by atoms with Gasteiger partial charge in [-0.25, -0.2) is 0 Å². The molecule has 2 unspecified atom stereocenters. The Morgan fingerprint density at radius 2 is 2.00 bits per heavy atom. The van der Waals surface area contributed by atoms with E-state index in [1.165, 1.54) is 0 Å². The number of aliphatic hydroxyl groups is 1. The highest BCUT2D eigenvalue weighted by molar-refractivity contribution is 5.81. The van der Waals surface area contributed by atoms with Gasteiger partial charge in [0.2, 0.25) is 5.91 Å². The lowest BCUT2D eigenvalue weighted by Crippen LogP contribution is -2.47. The van der Waals surface area contributed by atoms with Gasteiger partial charge in [-0.05, 0) is 25.7 Å². The summed E-state index contributed by atoms with van der Waals surface area (Å²) in [6, 6.07) is -0.356. The molecule has 0 aromatic rings. The van der Waals surface area contributed by atoms with Crippen LogP contribution in [0.5, 0.6) is 0 Å². The molecule has 4 nitrogen and oxygen atoms in total. The topological polar surface area (TPSA) is 75.3 Å². The number of aliphatic hydroxyl groups excluding tert-OH is 1. The first-order valence-corrected chi connectivity index (χ1v) is 5.15. The first-order valence-electron chi connectivity index (χ1n) is 5.15. The number of carbonyl (C=O) groups excluding carboxylic acids is 1. The van der Waals surface area contributed by atoms with E-state index in [0.717, 1.165) is 6.42 Å². The van der Waals surface area contributed by atoms with Crippen molar-refractivity contribution in [2.75, 3.05) is 6.61 Å². The highest BCUT2D eigenvalue weighted by Crippen LogP contribution is 2.00. The molecule has 4 N–H and O–H groups in total. The summed E-state index contributed by atoms with van der Waals surface area (Å²) >= 11 is 0. The van der Waals surface area contributed by atoms with Gasteiger partial charge in [0.05, 0.1) is 6.04 Å². The lowest BCUT2D eigenvalue weighted by molar-refractivity contribution is -0.123. The van der Waals surface area contributed by atoms with Gasteiger partial charge in [0.1, 0.15) is 0 Å². The third kappa shape index (κ3) is 5.19. The van der Waals surface area contributed by atoms with E-state index in [9.17, 15) is 4.79 Å². The number of amides is 1. The highest BCUT2D eigenvalue weighted by atomic mass is 16.2. The van der Waals surface area contributed by atoms with Crippen molar-refractivity contribution < 1.29 is 9.90 Å². The molecule has 0 saturated carbocycles. The molecule has 0 radical (unpaired) electrons. The quantitative estimate of drug-likeness (QED) is 0.578. The van der Waals surface area contributed by atoms with Gasteiger partial charge in [-0.2, -0.15) is 0 Å². The van der Waals surface area contributed by atoms with E-state index in [0.29, 0.717) is 6.42 Å². The Morgan fingerprint density at radius 1 is 1.43 bits per heavy atom. The van der Waals surface area contributed by atoms with Crippen LogP contribution in [0.1, 0.15) is 33.6 Å². The zero-order valence-electron chi connectivity index (χ0n) is 9.29. The smallest absolute Gasteiger partial charge is 0.237 e. The second-order valence-corrected chi connectivity index (χ2v) is 4.05. The fourth-order valence-corrected chi connectivity index (χ4v) is 1.11. The van der Waals surface area contributed by atoms with E-state index in [2.05, 4.69) is 5.32 Å². The first-order chi connectivity index (χ1) is 6.49. The predicted octanol–water partition coefficient (Wildman–Crippen LogP) is 0.247. The highest BCUT2D eigenvalue weighted by Gasteiger charge is 2.18. The first kappa shape index (κ1) is 13.4. The molecule has 0 saturated heterocycles. The summed E-state index contributed by atoms with van der Waals surface area (Å²) in [6.45, 7) is 5.92. The molecule has 1 amide bonds. The third-order valence-electron chi connectivity index (χ3n) is 2.20. The van der Waals surface area contributed by atoms with Crippen molar-refractivity contribution in [3.05, 3.63) is 0 Å². The molecule has 0 bridgehead atoms. The summed E-state index contributed by atoms with van der Waals surface area (Å²) in [4.78, 5) is 11.5. The van der Waals surface area contributed by atoms with Gasteiger partial charge >= 0.3 is 0 Å². The van der Waals surface area contributed by atoms with Gasteiger partial charge < -0.3 is 16.2 Å². The number of rotatable bonds is 6. The van der Waals surface area contributed by atoms with Crippen LogP contribution in [-0.2, 0) is 4.79 Å². The van der Waals surface area contributed by atoms with Gasteiger partial charge in [-0.1, -0.05) is 13.8 Å². The van der Waals surface area contributed by atoms with Crippen molar-refractivity contribution in [3.8, 4) is 0 Å². The Morgan fingerprint density at radius 3 is 2.43 bits per heavy atom. The van der Waals surface area contributed by atoms with Crippen molar-refractivity contribution in [2.24, 2.45) is 11.7 Å². The summed E-state index contributed by atoms with van der Waals surface area (Å²) in [6.07, 6.45) is 1.49. The Balaban J connectivity index is 3.81. The van der Waals surface area contributed by atoms with E-state index < -0.39 is 6.04 Å². The molecular weight excluding hydrogens is 180 g/mol. The summed E-state index contributed by atoms with van der Waals surface area (Å²) in [7, 11) is 0. The number of carbonyl (C=O) groups is 1. The maximum absolute atomic E-state index is 11.5. The molecule has 14 heavy (non-hydrogen) atoms. The Kier molecular flexibility index (Phi) is 6.49. The molecule has 0 aliphatic rings. The SMILES string of the molecule is CC(CCCO)NC(=O)C(N)C(C)C. The van der Waals surface area contributed by atoms with Gasteiger partial charge in [-0.15, -0.1) is 0 Å². The average molecular weight is 202 g/mol. The van der Waals surface area contributed by atoms with Crippen LogP contribution in [0.4, 0.5) is 0 Å². The minimum absolute atomic E-state index is 0.0828. The van der Waals surface area contributed by atoms with Crippen LogP contribution in [0.2, 0.25) is 0 Å². The van der Waals surface area contributed by atoms with Crippen LogP contribution < -0.4 is 11.1 Å². The fourth-order valence-electron chi connectivity index (χ4n) is 1.11. The maximum Gasteiger partial charge on any atom is 0.237 e. The zero-order chi connectivity index (χ0) is 11.1. The lowest BCUT2D eigenvalue weighted by Gasteiger charge is -2.19. The second-order valence-electron chi connectivity index (χ2n) is 4.05. The molecular formula is C10H22N2O2. The summed E-state index contributed by atoms with van der Waals surface area (Å²) in [5, 5.41) is 11.4. The van der Waals surface area contributed by atoms with Crippen LogP contribution in [0.3, 0.4) is 0 Å². The minimum Gasteiger partial charge on any atom is -0.396 e. The van der Waals surface area contributed by atoms with Crippen LogP contribution >= 0.6 is 0 Å². The Bertz CT molecular complexity index is 172. The van der Waals surface area contributed by atoms with E-state index >= 15 is 0 Å². The van der Waals surface area contributed by atoms with Gasteiger partial charge in [-0.3, -0.25) is 4.79 Å². The fraction of sp³-hybridized carbons (Fsp3) is 0.900. The Labute approximate surface area is 85.9 Å². The van der Waals surface area contributed by atoms with E-state index in [-0.39, 0.29) is 24.5 Å². The molecule has 0 aliphatic heterocycles. The molecule has 2 atom stereocenters. The van der Waals surface area contributed by atoms with Crippen molar-refractivity contribution in [2.45, 2.75) is 45.7 Å². The number of hydrogen-bond donors (Lipinski definition) is 3. The third-order valence-corrected chi connectivity index (χ3v) is 2.20. The molecule has 4 heteroatoms. The molecule has 0 aromatic carbocycles. The van der Waals surface area contributed by atoms with Crippen LogP contribution in [0, 0.1) is 5.92 Å². The van der Waals surface area contributed by atoms with E-state index in [4.69, 9.17) is 10.8 Å². The summed E-state index contributed by atoms with van der Waals surface area (Å²) in [5.74, 6) is 0.0467. The Hall–Kier alpha value is -0.610. The largest absolute Gasteiger partial charge is 0.396 e. The average Bonchev–Trinajstić information content (AvgIpc) is 2.13. The van der Waals surface area contributed by atoms with Crippen molar-refractivity contribution >= 4 is 5.91 Å². The standard InChI is InChI=1S/C10H22N2O2/c1-7(2)9(11)10(14)12-8(3)5-4-6-13/h7-9,13H,4-6,11H2,1-3H3,(H,12,14). The van der Waals surface area contributed by atoms with Crippen molar-refractivity contribution in [1.82, 2.24) is 5.32 Å². The zero-order valence-corrected chi connectivity index (χ0v) is 9.29. The van der Waals surface area contributed by atoms with Crippen LogP contribution in [0.15, 0.2) is 0 Å². The van der Waals surface area contributed by atoms with Crippen LogP contribution in [0.25, 0.3) is 0 Å². The van der Waals surface area contributed by atoms with Crippen LogP contribution in [-0.4, -0.2) is 29.7 Å². The van der Waals surface area contributed by atoms with Gasteiger partial charge in [0.25, 0.3) is 0 Å². The molecule has 0 aromatic heterocycles. The van der Waals surface area contributed by atoms with Crippen molar-refractivity contribution in [3.63, 3.8) is 0 Å².